The minimum absolute atomic E-state index is 0.283. The first-order valence-electron chi connectivity index (χ1n) is 8.98. The van der Waals surface area contributed by atoms with E-state index < -0.39 is 5.63 Å². The number of benzene rings is 2. The third kappa shape index (κ3) is 4.42. The van der Waals surface area contributed by atoms with E-state index >= 15 is 0 Å². The van der Waals surface area contributed by atoms with Crippen LogP contribution in [0, 0.1) is 12.7 Å². The molecule has 0 fully saturated rings. The number of aromatic nitrogens is 2. The van der Waals surface area contributed by atoms with Crippen LogP contribution in [0.25, 0.3) is 11.0 Å². The van der Waals surface area contributed by atoms with Crippen molar-refractivity contribution < 1.29 is 8.81 Å². The van der Waals surface area contributed by atoms with Gasteiger partial charge in [0, 0.05) is 35.0 Å². The maximum Gasteiger partial charge on any atom is 0.336 e. The number of nitrogens with one attached hydrogen (secondary N) is 2. The van der Waals surface area contributed by atoms with E-state index in [-0.39, 0.29) is 12.4 Å². The SMILES string of the molecule is Cc1cc(=O)oc2cc(NC(=S)Nc3nn(Cc4ccccc4F)cc3Br)ccc12. The van der Waals surface area contributed by atoms with E-state index in [0.29, 0.717) is 32.2 Å². The highest BCUT2D eigenvalue weighted by Gasteiger charge is 2.11. The first-order chi connectivity index (χ1) is 14.4. The van der Waals surface area contributed by atoms with Crippen molar-refractivity contribution in [1.82, 2.24) is 9.78 Å². The number of hydrogen-bond donors (Lipinski definition) is 2. The molecule has 0 aliphatic carbocycles. The molecule has 0 saturated carbocycles. The molecule has 0 atom stereocenters. The van der Waals surface area contributed by atoms with Gasteiger partial charge >= 0.3 is 5.63 Å². The van der Waals surface area contributed by atoms with Crippen LogP contribution < -0.4 is 16.3 Å². The van der Waals surface area contributed by atoms with Crippen molar-refractivity contribution in [2.45, 2.75) is 13.5 Å². The van der Waals surface area contributed by atoms with Crippen molar-refractivity contribution in [3.05, 3.63) is 86.6 Å². The largest absolute Gasteiger partial charge is 0.423 e. The average molecular weight is 487 g/mol. The molecule has 6 nitrogen and oxygen atoms in total. The van der Waals surface area contributed by atoms with Crippen LogP contribution in [0.1, 0.15) is 11.1 Å². The molecule has 0 aliphatic rings. The normalized spacial score (nSPS) is 10.9. The van der Waals surface area contributed by atoms with Crippen LogP contribution in [0.3, 0.4) is 0 Å². The van der Waals surface area contributed by atoms with E-state index in [9.17, 15) is 9.18 Å². The number of thiocarbonyl (C=S) groups is 1. The Bertz CT molecular complexity index is 1320. The van der Waals surface area contributed by atoms with Gasteiger partial charge in [-0.25, -0.2) is 9.18 Å². The Morgan fingerprint density at radius 1 is 1.23 bits per heavy atom. The highest BCUT2D eigenvalue weighted by Crippen LogP contribution is 2.23. The van der Waals surface area contributed by atoms with Gasteiger partial charge in [-0.3, -0.25) is 4.68 Å². The van der Waals surface area contributed by atoms with Crippen LogP contribution in [-0.4, -0.2) is 14.9 Å². The number of aryl methyl sites for hydroxylation is 1. The smallest absolute Gasteiger partial charge is 0.336 e. The van der Waals surface area contributed by atoms with E-state index in [1.54, 1.807) is 35.1 Å². The van der Waals surface area contributed by atoms with Gasteiger partial charge in [-0.05, 0) is 58.8 Å². The Balaban J connectivity index is 1.48. The van der Waals surface area contributed by atoms with Crippen LogP contribution in [0.4, 0.5) is 15.9 Å². The molecule has 2 aromatic carbocycles. The number of nitrogens with zero attached hydrogens (tertiary/aromatic N) is 2. The van der Waals surface area contributed by atoms with E-state index in [1.165, 1.54) is 12.1 Å². The summed E-state index contributed by atoms with van der Waals surface area (Å²) in [6.45, 7) is 2.14. The zero-order valence-electron chi connectivity index (χ0n) is 15.8. The lowest BCUT2D eigenvalue weighted by molar-refractivity contribution is 0.560. The van der Waals surface area contributed by atoms with Crippen molar-refractivity contribution in [2.24, 2.45) is 0 Å². The summed E-state index contributed by atoms with van der Waals surface area (Å²) >= 11 is 8.80. The maximum absolute atomic E-state index is 13.9. The van der Waals surface area contributed by atoms with Crippen molar-refractivity contribution >= 4 is 55.7 Å². The van der Waals surface area contributed by atoms with Gasteiger partial charge in [0.1, 0.15) is 11.4 Å². The second kappa shape index (κ2) is 8.37. The molecule has 30 heavy (non-hydrogen) atoms. The Morgan fingerprint density at radius 3 is 2.83 bits per heavy atom. The van der Waals surface area contributed by atoms with E-state index in [2.05, 4.69) is 31.7 Å². The van der Waals surface area contributed by atoms with Crippen molar-refractivity contribution in [2.75, 3.05) is 10.6 Å². The lowest BCUT2D eigenvalue weighted by Crippen LogP contribution is -2.19. The van der Waals surface area contributed by atoms with Gasteiger partial charge in [-0.1, -0.05) is 18.2 Å². The minimum Gasteiger partial charge on any atom is -0.423 e. The number of fused-ring (bicyclic) bond motifs is 1. The molecular weight excluding hydrogens is 471 g/mol. The quantitative estimate of drug-likeness (QED) is 0.310. The molecule has 4 rings (SSSR count). The molecule has 152 valence electrons. The van der Waals surface area contributed by atoms with Gasteiger partial charge in [-0.2, -0.15) is 5.10 Å². The third-order valence-electron chi connectivity index (χ3n) is 4.45. The van der Waals surface area contributed by atoms with Gasteiger partial charge in [0.05, 0.1) is 11.0 Å². The molecule has 0 radical (unpaired) electrons. The summed E-state index contributed by atoms with van der Waals surface area (Å²) in [7, 11) is 0. The zero-order valence-corrected chi connectivity index (χ0v) is 18.2. The topological polar surface area (TPSA) is 72.1 Å². The standard InChI is InChI=1S/C21H16BrFN4O2S/c1-12-8-19(28)29-18-9-14(6-7-15(12)18)24-21(30)25-20-16(22)11-27(26-20)10-13-4-2-3-5-17(13)23/h2-9,11H,10H2,1H3,(H2,24,25,26,30). The highest BCUT2D eigenvalue weighted by molar-refractivity contribution is 9.10. The third-order valence-corrected chi connectivity index (χ3v) is 5.23. The Hall–Kier alpha value is -3.04. The summed E-state index contributed by atoms with van der Waals surface area (Å²) in [4.78, 5) is 11.6. The molecule has 2 N–H and O–H groups in total. The van der Waals surface area contributed by atoms with Crippen LogP contribution in [-0.2, 0) is 6.54 Å². The molecule has 0 spiro atoms. The number of anilines is 2. The van der Waals surface area contributed by atoms with Crippen molar-refractivity contribution in [3.63, 3.8) is 0 Å². The molecule has 0 amide bonds. The molecule has 9 heteroatoms. The summed E-state index contributed by atoms with van der Waals surface area (Å²) in [5, 5.41) is 11.6. The minimum atomic E-state index is -0.401. The van der Waals surface area contributed by atoms with Gasteiger partial charge < -0.3 is 15.1 Å². The second-order valence-corrected chi connectivity index (χ2v) is 7.92. The molecule has 2 heterocycles. The first-order valence-corrected chi connectivity index (χ1v) is 10.2. The molecule has 2 aromatic heterocycles. The Labute approximate surface area is 184 Å². The van der Waals surface area contributed by atoms with Gasteiger partial charge in [0.2, 0.25) is 0 Å². The Kier molecular flexibility index (Phi) is 5.65. The van der Waals surface area contributed by atoms with Crippen LogP contribution in [0.2, 0.25) is 0 Å². The fourth-order valence-corrected chi connectivity index (χ4v) is 3.67. The summed E-state index contributed by atoms with van der Waals surface area (Å²) < 4.78 is 21.4. The number of halogens is 2. The fourth-order valence-electron chi connectivity index (χ4n) is 3.04. The van der Waals surface area contributed by atoms with E-state index in [1.807, 2.05) is 19.1 Å². The maximum atomic E-state index is 13.9. The second-order valence-electron chi connectivity index (χ2n) is 6.65. The zero-order chi connectivity index (χ0) is 21.3. The van der Waals surface area contributed by atoms with Crippen LogP contribution in [0.15, 0.2) is 68.4 Å². The summed E-state index contributed by atoms with van der Waals surface area (Å²) in [5.41, 5.74) is 2.12. The lowest BCUT2D eigenvalue weighted by Gasteiger charge is -2.10. The summed E-state index contributed by atoms with van der Waals surface area (Å²) in [5.74, 6) is 0.209. The van der Waals surface area contributed by atoms with E-state index in [0.717, 1.165) is 10.9 Å². The molecule has 0 saturated heterocycles. The lowest BCUT2D eigenvalue weighted by atomic mass is 10.1. The predicted octanol–water partition coefficient (Wildman–Crippen LogP) is 5.06. The number of rotatable bonds is 4. The van der Waals surface area contributed by atoms with E-state index in [4.69, 9.17) is 16.6 Å². The molecule has 4 aromatic rings. The fraction of sp³-hybridized carbons (Fsp3) is 0.0952. The van der Waals surface area contributed by atoms with Crippen LogP contribution >= 0.6 is 28.1 Å². The Morgan fingerprint density at radius 2 is 2.03 bits per heavy atom. The molecular formula is C21H16BrFN4O2S. The summed E-state index contributed by atoms with van der Waals surface area (Å²) in [6, 6.07) is 13.4. The summed E-state index contributed by atoms with van der Waals surface area (Å²) in [6.07, 6.45) is 1.74. The average Bonchev–Trinajstić information content (AvgIpc) is 3.02. The first kappa shape index (κ1) is 20.2. The number of hydrogen-bond acceptors (Lipinski definition) is 4. The van der Waals surface area contributed by atoms with Crippen LogP contribution in [0.5, 0.6) is 0 Å². The van der Waals surface area contributed by atoms with Crippen molar-refractivity contribution in [3.8, 4) is 0 Å². The monoisotopic (exact) mass is 486 g/mol. The molecule has 0 bridgehead atoms. The van der Waals surface area contributed by atoms with Crippen molar-refractivity contribution in [1.29, 1.82) is 0 Å². The van der Waals surface area contributed by atoms with Gasteiger partial charge in [-0.15, -0.1) is 0 Å². The predicted molar refractivity (Wildman–Crippen MR) is 122 cm³/mol. The van der Waals surface area contributed by atoms with Gasteiger partial charge in [0.15, 0.2) is 10.9 Å². The molecule has 0 unspecified atom stereocenters. The van der Waals surface area contributed by atoms with Gasteiger partial charge in [0.25, 0.3) is 0 Å². The molecule has 0 aliphatic heterocycles. The highest BCUT2D eigenvalue weighted by atomic mass is 79.9.